The summed E-state index contributed by atoms with van der Waals surface area (Å²) in [4.78, 5) is 41.7. The number of aromatic nitrogens is 2. The van der Waals surface area contributed by atoms with Crippen LogP contribution in [0.2, 0.25) is 0 Å². The minimum Gasteiger partial charge on any atom is -0.465 e. The number of nitrogens with one attached hydrogen (secondary N) is 1. The fraction of sp³-hybridized carbons (Fsp3) is 0.360. The van der Waals surface area contributed by atoms with E-state index < -0.39 is 5.97 Å². The summed E-state index contributed by atoms with van der Waals surface area (Å²) in [5, 5.41) is 4.03. The average Bonchev–Trinajstić information content (AvgIpc) is 2.85. The maximum Gasteiger partial charge on any atom is 0.337 e. The van der Waals surface area contributed by atoms with Gasteiger partial charge in [-0.25, -0.2) is 9.78 Å². The number of benzene rings is 2. The van der Waals surface area contributed by atoms with Gasteiger partial charge in [0.15, 0.2) is 5.16 Å². The lowest BCUT2D eigenvalue weighted by atomic mass is 10.1. The number of amides is 1. The molecule has 0 aliphatic carbocycles. The Balaban J connectivity index is 1.64. The summed E-state index contributed by atoms with van der Waals surface area (Å²) in [6.07, 6.45) is 4.20. The summed E-state index contributed by atoms with van der Waals surface area (Å²) in [6, 6.07) is 14.2. The summed E-state index contributed by atoms with van der Waals surface area (Å²) >= 11 is 1.27. The lowest BCUT2D eigenvalue weighted by Crippen LogP contribution is -2.27. The Kier molecular flexibility index (Phi) is 9.06. The van der Waals surface area contributed by atoms with Crippen LogP contribution in [0.25, 0.3) is 10.9 Å². The van der Waals surface area contributed by atoms with Crippen molar-refractivity contribution in [2.24, 2.45) is 0 Å². The highest BCUT2D eigenvalue weighted by Crippen LogP contribution is 2.18. The summed E-state index contributed by atoms with van der Waals surface area (Å²) in [5.41, 5.74) is 1.91. The molecule has 1 N–H and O–H groups in total. The van der Waals surface area contributed by atoms with Crippen molar-refractivity contribution in [1.82, 2.24) is 14.9 Å². The molecular weight excluding hydrogens is 438 g/mol. The van der Waals surface area contributed by atoms with E-state index in [1.165, 1.54) is 18.9 Å². The standard InChI is InChI=1S/C25H29N3O4S/c1-3-4-5-8-15-28-23(30)20-9-6-7-10-21(20)27-25(28)33-17-22(29)26-16-18-11-13-19(14-12-18)24(31)32-2/h6-7,9-14H,3-5,8,15-17H2,1-2H3,(H,26,29). The summed E-state index contributed by atoms with van der Waals surface area (Å²) < 4.78 is 6.38. The lowest BCUT2D eigenvalue weighted by molar-refractivity contribution is -0.118. The van der Waals surface area contributed by atoms with Crippen molar-refractivity contribution in [3.05, 3.63) is 70.0 Å². The fourth-order valence-corrected chi connectivity index (χ4v) is 4.27. The molecule has 33 heavy (non-hydrogen) atoms. The number of nitrogens with zero attached hydrogens (tertiary/aromatic N) is 2. The van der Waals surface area contributed by atoms with Crippen LogP contribution in [-0.2, 0) is 22.6 Å². The largest absolute Gasteiger partial charge is 0.465 e. The van der Waals surface area contributed by atoms with Crippen LogP contribution in [-0.4, -0.2) is 34.3 Å². The molecule has 0 unspecified atom stereocenters. The summed E-state index contributed by atoms with van der Waals surface area (Å²) in [7, 11) is 1.34. The zero-order chi connectivity index (χ0) is 23.6. The predicted octanol–water partition coefficient (Wildman–Crippen LogP) is 4.17. The van der Waals surface area contributed by atoms with Crippen molar-refractivity contribution in [2.45, 2.75) is 50.9 Å². The van der Waals surface area contributed by atoms with Gasteiger partial charge < -0.3 is 10.1 Å². The molecule has 2 aromatic carbocycles. The van der Waals surface area contributed by atoms with Gasteiger partial charge in [-0.3, -0.25) is 14.2 Å². The third kappa shape index (κ3) is 6.68. The molecule has 3 aromatic rings. The van der Waals surface area contributed by atoms with Crippen molar-refractivity contribution in [3.8, 4) is 0 Å². The summed E-state index contributed by atoms with van der Waals surface area (Å²) in [6.45, 7) is 3.08. The van der Waals surface area contributed by atoms with Crippen LogP contribution in [0.4, 0.5) is 0 Å². The van der Waals surface area contributed by atoms with E-state index in [1.807, 2.05) is 18.2 Å². The van der Waals surface area contributed by atoms with Gasteiger partial charge in [0.05, 0.1) is 29.3 Å². The molecule has 1 heterocycles. The SMILES string of the molecule is CCCCCCn1c(SCC(=O)NCc2ccc(C(=O)OC)cc2)nc2ccccc2c1=O. The van der Waals surface area contributed by atoms with Gasteiger partial charge in [-0.05, 0) is 36.2 Å². The second-order valence-electron chi connectivity index (χ2n) is 7.68. The van der Waals surface area contributed by atoms with Crippen molar-refractivity contribution in [2.75, 3.05) is 12.9 Å². The molecule has 0 radical (unpaired) electrons. The van der Waals surface area contributed by atoms with Crippen molar-refractivity contribution in [1.29, 1.82) is 0 Å². The van der Waals surface area contributed by atoms with Crippen molar-refractivity contribution < 1.29 is 14.3 Å². The van der Waals surface area contributed by atoms with E-state index in [9.17, 15) is 14.4 Å². The monoisotopic (exact) mass is 467 g/mol. The number of rotatable bonds is 11. The second kappa shape index (κ2) is 12.2. The number of methoxy groups -OCH3 is 1. The maximum atomic E-state index is 13.0. The molecule has 174 valence electrons. The van der Waals surface area contributed by atoms with E-state index in [0.29, 0.717) is 34.7 Å². The molecule has 0 fully saturated rings. The molecule has 0 saturated carbocycles. The van der Waals surface area contributed by atoms with Gasteiger partial charge in [0.25, 0.3) is 5.56 Å². The first kappa shape index (κ1) is 24.5. The van der Waals surface area contributed by atoms with Gasteiger partial charge in [0.1, 0.15) is 0 Å². The van der Waals surface area contributed by atoms with E-state index in [1.54, 1.807) is 34.9 Å². The predicted molar refractivity (Wildman–Crippen MR) is 130 cm³/mol. The van der Waals surface area contributed by atoms with E-state index in [0.717, 1.165) is 31.2 Å². The van der Waals surface area contributed by atoms with Crippen LogP contribution < -0.4 is 10.9 Å². The molecule has 3 rings (SSSR count). The molecular formula is C25H29N3O4S. The Labute approximate surface area is 197 Å². The minimum absolute atomic E-state index is 0.0642. The number of fused-ring (bicyclic) bond motifs is 1. The number of carbonyl (C=O) groups is 2. The van der Waals surface area contributed by atoms with Crippen molar-refractivity contribution >= 4 is 34.5 Å². The molecule has 0 atom stereocenters. The molecule has 1 aromatic heterocycles. The number of thioether (sulfide) groups is 1. The van der Waals surface area contributed by atoms with E-state index >= 15 is 0 Å². The first-order chi connectivity index (χ1) is 16.0. The highest BCUT2D eigenvalue weighted by atomic mass is 32.2. The topological polar surface area (TPSA) is 90.3 Å². The first-order valence-corrected chi connectivity index (χ1v) is 12.1. The Morgan fingerprint density at radius 2 is 1.82 bits per heavy atom. The fourth-order valence-electron chi connectivity index (χ4n) is 3.41. The third-order valence-corrected chi connectivity index (χ3v) is 6.24. The normalized spacial score (nSPS) is 10.8. The second-order valence-corrected chi connectivity index (χ2v) is 8.63. The number of carbonyl (C=O) groups excluding carboxylic acids is 2. The molecule has 8 heteroatoms. The van der Waals surface area contributed by atoms with Crippen LogP contribution >= 0.6 is 11.8 Å². The van der Waals surface area contributed by atoms with Gasteiger partial charge in [0, 0.05) is 13.1 Å². The van der Waals surface area contributed by atoms with Gasteiger partial charge in [-0.2, -0.15) is 0 Å². The smallest absolute Gasteiger partial charge is 0.337 e. The third-order valence-electron chi connectivity index (χ3n) is 5.26. The molecule has 0 bridgehead atoms. The zero-order valence-electron chi connectivity index (χ0n) is 19.0. The highest BCUT2D eigenvalue weighted by molar-refractivity contribution is 7.99. The van der Waals surface area contributed by atoms with Crippen LogP contribution in [0, 0.1) is 0 Å². The average molecular weight is 468 g/mol. The molecule has 1 amide bonds. The molecule has 7 nitrogen and oxygen atoms in total. The van der Waals surface area contributed by atoms with E-state index in [-0.39, 0.29) is 17.2 Å². The number of para-hydroxylation sites is 1. The van der Waals surface area contributed by atoms with Gasteiger partial charge in [-0.1, -0.05) is 62.2 Å². The lowest BCUT2D eigenvalue weighted by Gasteiger charge is -2.13. The van der Waals surface area contributed by atoms with Crippen LogP contribution in [0.1, 0.15) is 48.5 Å². The first-order valence-electron chi connectivity index (χ1n) is 11.1. The Bertz CT molecular complexity index is 1160. The number of hydrogen-bond donors (Lipinski definition) is 1. The highest BCUT2D eigenvalue weighted by Gasteiger charge is 2.13. The molecule has 0 aliphatic rings. The zero-order valence-corrected chi connectivity index (χ0v) is 19.8. The van der Waals surface area contributed by atoms with Crippen molar-refractivity contribution in [3.63, 3.8) is 0 Å². The molecule has 0 saturated heterocycles. The van der Waals surface area contributed by atoms with Gasteiger partial charge >= 0.3 is 5.97 Å². The molecule has 0 aliphatic heterocycles. The van der Waals surface area contributed by atoms with Crippen LogP contribution in [0.3, 0.4) is 0 Å². The minimum atomic E-state index is -0.398. The van der Waals surface area contributed by atoms with Crippen LogP contribution in [0.15, 0.2) is 58.5 Å². The van der Waals surface area contributed by atoms with E-state index in [4.69, 9.17) is 0 Å². The van der Waals surface area contributed by atoms with Gasteiger partial charge in [0.2, 0.25) is 5.91 Å². The Morgan fingerprint density at radius 1 is 1.06 bits per heavy atom. The quantitative estimate of drug-likeness (QED) is 0.197. The molecule has 0 spiro atoms. The number of esters is 1. The van der Waals surface area contributed by atoms with Gasteiger partial charge in [-0.15, -0.1) is 0 Å². The summed E-state index contributed by atoms with van der Waals surface area (Å²) in [5.74, 6) is -0.400. The van der Waals surface area contributed by atoms with E-state index in [2.05, 4.69) is 22.0 Å². The number of ether oxygens (including phenoxy) is 1. The Hall–Kier alpha value is -3.13. The number of unbranched alkanes of at least 4 members (excludes halogenated alkanes) is 3. The Morgan fingerprint density at radius 3 is 2.55 bits per heavy atom. The number of hydrogen-bond acceptors (Lipinski definition) is 6. The maximum absolute atomic E-state index is 13.0. The van der Waals surface area contributed by atoms with Crippen LogP contribution in [0.5, 0.6) is 0 Å².